The zero-order valence-corrected chi connectivity index (χ0v) is 16.6. The van der Waals surface area contributed by atoms with Crippen molar-refractivity contribution in [1.82, 2.24) is 15.5 Å². The summed E-state index contributed by atoms with van der Waals surface area (Å²) >= 11 is 1.64. The molecule has 3 rings (SSSR count). The van der Waals surface area contributed by atoms with Crippen LogP contribution in [0.15, 0.2) is 35.3 Å². The lowest BCUT2D eigenvalue weighted by atomic mass is 10.2. The first-order valence-electron chi connectivity index (χ1n) is 9.64. The third-order valence-corrected chi connectivity index (χ3v) is 6.17. The molecule has 1 aliphatic rings. The van der Waals surface area contributed by atoms with Crippen molar-refractivity contribution < 1.29 is 5.11 Å². The van der Waals surface area contributed by atoms with Crippen LogP contribution in [-0.4, -0.2) is 54.7 Å². The van der Waals surface area contributed by atoms with Gasteiger partial charge >= 0.3 is 0 Å². The van der Waals surface area contributed by atoms with Gasteiger partial charge in [0.25, 0.3) is 0 Å². The Kier molecular flexibility index (Phi) is 6.88. The highest BCUT2D eigenvalue weighted by Gasteiger charge is 2.22. The molecule has 3 N–H and O–H groups in total. The fourth-order valence-electron chi connectivity index (χ4n) is 3.53. The van der Waals surface area contributed by atoms with Crippen molar-refractivity contribution in [3.05, 3.63) is 35.2 Å². The van der Waals surface area contributed by atoms with E-state index in [0.717, 1.165) is 30.5 Å². The van der Waals surface area contributed by atoms with Crippen molar-refractivity contribution in [1.29, 1.82) is 0 Å². The van der Waals surface area contributed by atoms with Crippen LogP contribution >= 0.6 is 11.3 Å². The Morgan fingerprint density at radius 1 is 1.35 bits per heavy atom. The van der Waals surface area contributed by atoms with Crippen molar-refractivity contribution in [2.75, 3.05) is 32.7 Å². The number of nitrogens with one attached hydrogen (secondary N) is 2. The molecule has 1 saturated heterocycles. The number of hydrogen-bond acceptors (Lipinski definition) is 4. The average Bonchev–Trinajstić information content (AvgIpc) is 3.29. The second-order valence-corrected chi connectivity index (χ2v) is 7.84. The molecule has 2 aromatic rings. The van der Waals surface area contributed by atoms with Crippen LogP contribution in [0.25, 0.3) is 10.1 Å². The first-order valence-corrected chi connectivity index (χ1v) is 10.5. The maximum atomic E-state index is 10.5. The van der Waals surface area contributed by atoms with E-state index in [1.807, 2.05) is 12.1 Å². The molecule has 1 aromatic heterocycles. The smallest absolute Gasteiger partial charge is 0.191 e. The maximum Gasteiger partial charge on any atom is 0.191 e. The first kappa shape index (κ1) is 19.1. The summed E-state index contributed by atoms with van der Waals surface area (Å²) in [6.45, 7) is 8.66. The summed E-state index contributed by atoms with van der Waals surface area (Å²) in [6.07, 6.45) is 1.95. The molecule has 1 aliphatic heterocycles. The fraction of sp³-hybridized carbons (Fsp3) is 0.550. The molecular formula is C20H30N4OS. The largest absolute Gasteiger partial charge is 0.386 e. The van der Waals surface area contributed by atoms with Crippen molar-refractivity contribution in [3.8, 4) is 0 Å². The van der Waals surface area contributed by atoms with Gasteiger partial charge in [0.15, 0.2) is 5.96 Å². The minimum absolute atomic E-state index is 0.365. The van der Waals surface area contributed by atoms with Crippen LogP contribution in [0.5, 0.6) is 0 Å². The summed E-state index contributed by atoms with van der Waals surface area (Å²) in [6, 6.07) is 10.9. The molecule has 26 heavy (non-hydrogen) atoms. The Morgan fingerprint density at radius 2 is 2.19 bits per heavy atom. The molecule has 1 aromatic carbocycles. The third-order valence-electron chi connectivity index (χ3n) is 4.95. The number of benzene rings is 1. The molecule has 0 saturated carbocycles. The molecule has 5 nitrogen and oxygen atoms in total. The van der Waals surface area contributed by atoms with E-state index in [0.29, 0.717) is 12.6 Å². The Labute approximate surface area is 160 Å². The first-order chi connectivity index (χ1) is 12.7. The topological polar surface area (TPSA) is 59.9 Å². The van der Waals surface area contributed by atoms with Gasteiger partial charge in [-0.2, -0.15) is 0 Å². The molecule has 0 aliphatic carbocycles. The van der Waals surface area contributed by atoms with E-state index in [9.17, 15) is 5.11 Å². The minimum Gasteiger partial charge on any atom is -0.386 e. The normalized spacial score (nSPS) is 19.8. The highest BCUT2D eigenvalue weighted by Crippen LogP contribution is 2.29. The van der Waals surface area contributed by atoms with Crippen molar-refractivity contribution in [3.63, 3.8) is 0 Å². The predicted octanol–water partition coefficient (Wildman–Crippen LogP) is 2.97. The Bertz CT molecular complexity index is 696. The summed E-state index contributed by atoms with van der Waals surface area (Å²) in [4.78, 5) is 8.09. The van der Waals surface area contributed by atoms with Crippen molar-refractivity contribution in [2.45, 2.75) is 38.8 Å². The molecule has 0 bridgehead atoms. The molecule has 0 spiro atoms. The second kappa shape index (κ2) is 9.35. The monoisotopic (exact) mass is 374 g/mol. The summed E-state index contributed by atoms with van der Waals surface area (Å²) in [5.74, 6) is 0.788. The lowest BCUT2D eigenvalue weighted by molar-refractivity contribution is 0.191. The van der Waals surface area contributed by atoms with Gasteiger partial charge in [-0.25, -0.2) is 0 Å². The molecular weight excluding hydrogens is 344 g/mol. The van der Waals surface area contributed by atoms with Gasteiger partial charge in [0.05, 0.1) is 6.54 Å². The van der Waals surface area contributed by atoms with E-state index >= 15 is 0 Å². The number of likely N-dealkylation sites (N-methyl/N-ethyl adjacent to an activating group) is 1. The van der Waals surface area contributed by atoms with Crippen molar-refractivity contribution in [2.24, 2.45) is 4.99 Å². The van der Waals surface area contributed by atoms with Gasteiger partial charge < -0.3 is 15.7 Å². The quantitative estimate of drug-likeness (QED) is 0.515. The van der Waals surface area contributed by atoms with Gasteiger partial charge in [-0.3, -0.25) is 9.89 Å². The van der Waals surface area contributed by atoms with Gasteiger partial charge in [-0.1, -0.05) is 25.1 Å². The van der Waals surface area contributed by atoms with Crippen LogP contribution in [0, 0.1) is 0 Å². The number of likely N-dealkylation sites (tertiary alicyclic amines) is 1. The number of guanidine groups is 1. The molecule has 2 atom stereocenters. The number of thiophene rings is 1. The van der Waals surface area contributed by atoms with Gasteiger partial charge in [0.2, 0.25) is 0 Å². The molecule has 2 heterocycles. The second-order valence-electron chi connectivity index (χ2n) is 6.73. The van der Waals surface area contributed by atoms with E-state index < -0.39 is 6.10 Å². The summed E-state index contributed by atoms with van der Waals surface area (Å²) in [5.41, 5.74) is 0. The predicted molar refractivity (Wildman–Crippen MR) is 111 cm³/mol. The highest BCUT2D eigenvalue weighted by molar-refractivity contribution is 7.19. The van der Waals surface area contributed by atoms with Crippen LogP contribution in [0.4, 0.5) is 0 Å². The van der Waals surface area contributed by atoms with Gasteiger partial charge in [-0.15, -0.1) is 11.3 Å². The Balaban J connectivity index is 1.59. The van der Waals surface area contributed by atoms with E-state index in [1.54, 1.807) is 11.3 Å². The van der Waals surface area contributed by atoms with Crippen LogP contribution in [-0.2, 0) is 0 Å². The molecule has 0 radical (unpaired) electrons. The standard InChI is InChI=1S/C20H30N4OS/c1-3-21-20(22-13-16-9-7-11-24(16)4-2)23-14-17(25)19-12-15-8-5-6-10-18(15)26-19/h5-6,8,10,12,16-17,25H,3-4,7,9,11,13-14H2,1-2H3,(H2,21,22,23). The maximum absolute atomic E-state index is 10.5. The minimum atomic E-state index is -0.568. The van der Waals surface area contributed by atoms with E-state index in [-0.39, 0.29) is 0 Å². The van der Waals surface area contributed by atoms with Gasteiger partial charge in [0, 0.05) is 28.7 Å². The number of rotatable bonds is 7. The average molecular weight is 375 g/mol. The van der Waals surface area contributed by atoms with Crippen LogP contribution in [0.1, 0.15) is 37.7 Å². The van der Waals surface area contributed by atoms with Crippen LogP contribution in [0.2, 0.25) is 0 Å². The summed E-state index contributed by atoms with van der Waals surface area (Å²) in [7, 11) is 0. The number of aliphatic hydroxyl groups excluding tert-OH is 1. The number of fused-ring (bicyclic) bond motifs is 1. The lowest BCUT2D eigenvalue weighted by Gasteiger charge is -2.24. The van der Waals surface area contributed by atoms with Crippen LogP contribution in [0.3, 0.4) is 0 Å². The molecule has 1 fully saturated rings. The zero-order valence-electron chi connectivity index (χ0n) is 15.7. The van der Waals surface area contributed by atoms with Crippen molar-refractivity contribution >= 4 is 27.4 Å². The van der Waals surface area contributed by atoms with Crippen LogP contribution < -0.4 is 10.6 Å². The number of nitrogens with zero attached hydrogens (tertiary/aromatic N) is 2. The van der Waals surface area contributed by atoms with E-state index in [1.165, 1.54) is 29.5 Å². The lowest BCUT2D eigenvalue weighted by Crippen LogP contribution is -2.45. The SMILES string of the molecule is CCNC(=NCC(O)c1cc2ccccc2s1)NCC1CCCN1CC. The summed E-state index contributed by atoms with van der Waals surface area (Å²) < 4.78 is 1.21. The molecule has 2 unspecified atom stereocenters. The van der Waals surface area contributed by atoms with E-state index in [4.69, 9.17) is 0 Å². The molecule has 142 valence electrons. The number of aliphatic imine (C=N–C) groups is 1. The molecule has 6 heteroatoms. The number of hydrogen-bond donors (Lipinski definition) is 3. The molecule has 0 amide bonds. The Hall–Kier alpha value is -1.63. The van der Waals surface area contributed by atoms with Gasteiger partial charge in [-0.05, 0) is 50.4 Å². The van der Waals surface area contributed by atoms with E-state index in [2.05, 4.69) is 52.6 Å². The van der Waals surface area contributed by atoms with Gasteiger partial charge in [0.1, 0.15) is 6.10 Å². The fourth-order valence-corrected chi connectivity index (χ4v) is 4.58. The highest BCUT2D eigenvalue weighted by atomic mass is 32.1. The zero-order chi connectivity index (χ0) is 18.4. The summed E-state index contributed by atoms with van der Waals surface area (Å²) in [5, 5.41) is 18.5. The number of aliphatic hydroxyl groups is 1. The third kappa shape index (κ3) is 4.75. The Morgan fingerprint density at radius 3 is 2.96 bits per heavy atom.